The molecule has 0 bridgehead atoms. The molecule has 21 heavy (non-hydrogen) atoms. The third-order valence-electron chi connectivity index (χ3n) is 4.08. The molecule has 2 saturated heterocycles. The van der Waals surface area contributed by atoms with Crippen molar-refractivity contribution >= 4 is 5.91 Å². The molecular formula is C15H21NO5. The number of ether oxygens (including phenoxy) is 3. The van der Waals surface area contributed by atoms with Crippen LogP contribution in [0.1, 0.15) is 23.9 Å². The van der Waals surface area contributed by atoms with E-state index in [1.807, 2.05) is 11.8 Å². The number of rotatable bonds is 4. The SMILES string of the molecule is CCOCC1CC2(COCCN2C(=O)c2ccco2)CO1. The van der Waals surface area contributed by atoms with Gasteiger partial charge < -0.3 is 23.5 Å². The minimum Gasteiger partial charge on any atom is -0.459 e. The predicted molar refractivity (Wildman–Crippen MR) is 74.1 cm³/mol. The molecular weight excluding hydrogens is 274 g/mol. The molecule has 0 N–H and O–H groups in total. The summed E-state index contributed by atoms with van der Waals surface area (Å²) in [5.41, 5.74) is -0.399. The lowest BCUT2D eigenvalue weighted by molar-refractivity contribution is -0.0569. The molecule has 0 saturated carbocycles. The molecule has 0 aliphatic carbocycles. The summed E-state index contributed by atoms with van der Waals surface area (Å²) in [6.07, 6.45) is 2.27. The van der Waals surface area contributed by atoms with Gasteiger partial charge in [-0.15, -0.1) is 0 Å². The quantitative estimate of drug-likeness (QED) is 0.838. The molecule has 0 radical (unpaired) electrons. The summed E-state index contributed by atoms with van der Waals surface area (Å²) in [4.78, 5) is 14.5. The van der Waals surface area contributed by atoms with E-state index in [4.69, 9.17) is 18.6 Å². The fourth-order valence-corrected chi connectivity index (χ4v) is 3.04. The van der Waals surface area contributed by atoms with Gasteiger partial charge in [0.2, 0.25) is 0 Å². The maximum atomic E-state index is 12.6. The Morgan fingerprint density at radius 1 is 1.52 bits per heavy atom. The molecule has 3 heterocycles. The summed E-state index contributed by atoms with van der Waals surface area (Å²) in [5, 5.41) is 0. The minimum absolute atomic E-state index is 0.0125. The van der Waals surface area contributed by atoms with Gasteiger partial charge in [0.1, 0.15) is 0 Å². The number of nitrogens with zero attached hydrogens (tertiary/aromatic N) is 1. The van der Waals surface area contributed by atoms with Crippen molar-refractivity contribution in [2.75, 3.05) is 39.6 Å². The Balaban J connectivity index is 1.74. The Bertz CT molecular complexity index is 474. The summed E-state index contributed by atoms with van der Waals surface area (Å²) in [6.45, 7) is 5.27. The van der Waals surface area contributed by atoms with Crippen LogP contribution in [0.5, 0.6) is 0 Å². The zero-order valence-electron chi connectivity index (χ0n) is 12.2. The molecule has 1 aromatic heterocycles. The van der Waals surface area contributed by atoms with E-state index in [-0.39, 0.29) is 12.0 Å². The normalized spacial score (nSPS) is 29.2. The van der Waals surface area contributed by atoms with Crippen LogP contribution in [0.3, 0.4) is 0 Å². The number of carbonyl (C=O) groups excluding carboxylic acids is 1. The zero-order valence-corrected chi connectivity index (χ0v) is 12.2. The van der Waals surface area contributed by atoms with Crippen LogP contribution in [0.4, 0.5) is 0 Å². The number of furan rings is 1. The van der Waals surface area contributed by atoms with Crippen LogP contribution in [0.2, 0.25) is 0 Å². The molecule has 2 aliphatic heterocycles. The Morgan fingerprint density at radius 3 is 3.19 bits per heavy atom. The first kappa shape index (κ1) is 14.6. The average molecular weight is 295 g/mol. The molecule has 2 atom stereocenters. The molecule has 6 nitrogen and oxygen atoms in total. The lowest BCUT2D eigenvalue weighted by Crippen LogP contribution is -2.59. The van der Waals surface area contributed by atoms with Crippen molar-refractivity contribution in [3.05, 3.63) is 24.2 Å². The standard InChI is InChI=1S/C15H21NO5/c1-2-18-9-12-8-15(11-21-12)10-19-7-5-16(15)14(17)13-4-3-6-20-13/h3-4,6,12H,2,5,7-11H2,1H3. The van der Waals surface area contributed by atoms with E-state index >= 15 is 0 Å². The van der Waals surface area contributed by atoms with Crippen LogP contribution in [-0.4, -0.2) is 62.0 Å². The first-order valence-electron chi connectivity index (χ1n) is 7.38. The predicted octanol–water partition coefficient (Wildman–Crippen LogP) is 1.32. The van der Waals surface area contributed by atoms with Crippen molar-refractivity contribution in [2.24, 2.45) is 0 Å². The summed E-state index contributed by atoms with van der Waals surface area (Å²) >= 11 is 0. The second-order valence-electron chi connectivity index (χ2n) is 5.51. The van der Waals surface area contributed by atoms with E-state index in [1.54, 1.807) is 12.1 Å². The molecule has 3 rings (SSSR count). The van der Waals surface area contributed by atoms with Gasteiger partial charge >= 0.3 is 0 Å². The van der Waals surface area contributed by atoms with Crippen molar-refractivity contribution in [3.63, 3.8) is 0 Å². The first-order valence-corrected chi connectivity index (χ1v) is 7.38. The molecule has 6 heteroatoms. The monoisotopic (exact) mass is 295 g/mol. The minimum atomic E-state index is -0.399. The molecule has 2 aliphatic rings. The van der Waals surface area contributed by atoms with E-state index in [9.17, 15) is 4.79 Å². The summed E-state index contributed by atoms with van der Waals surface area (Å²) in [6, 6.07) is 3.42. The second kappa shape index (κ2) is 6.17. The van der Waals surface area contributed by atoms with Gasteiger partial charge in [-0.25, -0.2) is 0 Å². The zero-order chi connectivity index (χ0) is 14.7. The highest BCUT2D eigenvalue weighted by Crippen LogP contribution is 2.34. The van der Waals surface area contributed by atoms with Gasteiger partial charge in [0.05, 0.1) is 44.3 Å². The van der Waals surface area contributed by atoms with Crippen LogP contribution in [-0.2, 0) is 14.2 Å². The van der Waals surface area contributed by atoms with Gasteiger partial charge in [0.15, 0.2) is 5.76 Å². The summed E-state index contributed by atoms with van der Waals surface area (Å²) < 4.78 is 22.1. The molecule has 1 spiro atoms. The lowest BCUT2D eigenvalue weighted by atomic mass is 9.93. The maximum absolute atomic E-state index is 12.6. The summed E-state index contributed by atoms with van der Waals surface area (Å²) in [5.74, 6) is 0.272. The van der Waals surface area contributed by atoms with Crippen LogP contribution < -0.4 is 0 Å². The van der Waals surface area contributed by atoms with Gasteiger partial charge in [0, 0.05) is 19.6 Å². The molecule has 1 amide bonds. The Hall–Kier alpha value is -1.37. The third-order valence-corrected chi connectivity index (χ3v) is 4.08. The van der Waals surface area contributed by atoms with E-state index in [1.165, 1.54) is 6.26 Å². The van der Waals surface area contributed by atoms with Crippen molar-refractivity contribution in [1.29, 1.82) is 0 Å². The molecule has 2 fully saturated rings. The highest BCUT2D eigenvalue weighted by atomic mass is 16.5. The number of hydrogen-bond acceptors (Lipinski definition) is 5. The second-order valence-corrected chi connectivity index (χ2v) is 5.51. The van der Waals surface area contributed by atoms with Gasteiger partial charge in [-0.05, 0) is 19.1 Å². The van der Waals surface area contributed by atoms with Crippen molar-refractivity contribution in [2.45, 2.75) is 25.0 Å². The third kappa shape index (κ3) is 2.84. The van der Waals surface area contributed by atoms with Crippen LogP contribution in [0, 0.1) is 0 Å². The van der Waals surface area contributed by atoms with Crippen LogP contribution in [0.15, 0.2) is 22.8 Å². The average Bonchev–Trinajstić information content (AvgIpc) is 3.16. The van der Waals surface area contributed by atoms with E-state index in [2.05, 4.69) is 0 Å². The molecule has 0 aromatic carbocycles. The highest BCUT2D eigenvalue weighted by molar-refractivity contribution is 5.92. The van der Waals surface area contributed by atoms with Gasteiger partial charge in [-0.3, -0.25) is 4.79 Å². The fourth-order valence-electron chi connectivity index (χ4n) is 3.04. The highest BCUT2D eigenvalue weighted by Gasteiger charge is 2.49. The van der Waals surface area contributed by atoms with E-state index in [0.29, 0.717) is 45.3 Å². The first-order chi connectivity index (χ1) is 10.2. The Labute approximate surface area is 123 Å². The molecule has 2 unspecified atom stereocenters. The van der Waals surface area contributed by atoms with Gasteiger partial charge in [-0.2, -0.15) is 0 Å². The van der Waals surface area contributed by atoms with E-state index in [0.717, 1.165) is 6.42 Å². The van der Waals surface area contributed by atoms with Gasteiger partial charge in [0.25, 0.3) is 5.91 Å². The number of carbonyl (C=O) groups is 1. The Kier molecular flexibility index (Phi) is 4.28. The van der Waals surface area contributed by atoms with Crippen molar-refractivity contribution in [1.82, 2.24) is 4.90 Å². The number of morpholine rings is 1. The largest absolute Gasteiger partial charge is 0.459 e. The maximum Gasteiger partial charge on any atom is 0.290 e. The van der Waals surface area contributed by atoms with E-state index < -0.39 is 5.54 Å². The van der Waals surface area contributed by atoms with Gasteiger partial charge in [-0.1, -0.05) is 0 Å². The topological polar surface area (TPSA) is 61.1 Å². The molecule has 1 aromatic rings. The van der Waals surface area contributed by atoms with Crippen molar-refractivity contribution < 1.29 is 23.4 Å². The number of amides is 1. The lowest BCUT2D eigenvalue weighted by Gasteiger charge is -2.43. The number of hydrogen-bond donors (Lipinski definition) is 0. The smallest absolute Gasteiger partial charge is 0.290 e. The van der Waals surface area contributed by atoms with Crippen LogP contribution in [0.25, 0.3) is 0 Å². The van der Waals surface area contributed by atoms with Crippen molar-refractivity contribution in [3.8, 4) is 0 Å². The van der Waals surface area contributed by atoms with Crippen LogP contribution >= 0.6 is 0 Å². The summed E-state index contributed by atoms with van der Waals surface area (Å²) in [7, 11) is 0. The fraction of sp³-hybridized carbons (Fsp3) is 0.667. The Morgan fingerprint density at radius 2 is 2.43 bits per heavy atom. The molecule has 116 valence electrons.